The van der Waals surface area contributed by atoms with Crippen LogP contribution in [0.5, 0.6) is 0 Å². The Hall–Kier alpha value is -1.98. The fourth-order valence-corrected chi connectivity index (χ4v) is 3.33. The predicted octanol–water partition coefficient (Wildman–Crippen LogP) is 0.971. The largest absolute Gasteiger partial charge is 0.464 e. The molecule has 0 bridgehead atoms. The van der Waals surface area contributed by atoms with Crippen LogP contribution in [0.3, 0.4) is 0 Å². The molecule has 0 spiro atoms. The standard InChI is InChI=1S/C14H16N2O4/c1-13(5-6-13)14(2)7-8(14)10(12(18)20-4)16-15-9(7)11(17)19-3/h5-8H,1-4H3/t7-,8+,14?. The lowest BCUT2D eigenvalue weighted by Gasteiger charge is -2.20. The molecule has 0 N–H and O–H groups in total. The third kappa shape index (κ3) is 1.39. The van der Waals surface area contributed by atoms with E-state index in [1.807, 2.05) is 6.92 Å². The van der Waals surface area contributed by atoms with Crippen molar-refractivity contribution in [2.75, 3.05) is 14.2 Å². The first-order chi connectivity index (χ1) is 9.40. The third-order valence-corrected chi connectivity index (χ3v) is 4.99. The maximum Gasteiger partial charge on any atom is 0.354 e. The average Bonchev–Trinajstić information content (AvgIpc) is 3.35. The summed E-state index contributed by atoms with van der Waals surface area (Å²) in [7, 11) is 2.63. The number of rotatable bonds is 3. The monoisotopic (exact) mass is 276 g/mol. The van der Waals surface area contributed by atoms with E-state index in [0.717, 1.165) is 0 Å². The second-order valence-electron chi connectivity index (χ2n) is 5.81. The number of ether oxygens (including phenoxy) is 2. The molecule has 0 aromatic carbocycles. The second kappa shape index (κ2) is 3.77. The van der Waals surface area contributed by atoms with Gasteiger partial charge in [0.25, 0.3) is 0 Å². The fourth-order valence-electron chi connectivity index (χ4n) is 3.33. The summed E-state index contributed by atoms with van der Waals surface area (Å²) in [5.41, 5.74) is 0.199. The van der Waals surface area contributed by atoms with E-state index in [1.165, 1.54) is 14.2 Å². The number of methoxy groups -OCH3 is 2. The lowest BCUT2D eigenvalue weighted by atomic mass is 9.82. The Morgan fingerprint density at radius 3 is 1.70 bits per heavy atom. The minimum Gasteiger partial charge on any atom is -0.464 e. The van der Waals surface area contributed by atoms with Gasteiger partial charge in [-0.1, -0.05) is 26.0 Å². The fraction of sp³-hybridized carbons (Fsp3) is 0.571. The van der Waals surface area contributed by atoms with Crippen LogP contribution in [0.15, 0.2) is 22.4 Å². The van der Waals surface area contributed by atoms with Crippen LogP contribution in [0.25, 0.3) is 0 Å². The van der Waals surface area contributed by atoms with Crippen molar-refractivity contribution in [2.24, 2.45) is 32.9 Å². The van der Waals surface area contributed by atoms with Gasteiger partial charge in [0.05, 0.1) is 14.2 Å². The Bertz CT molecular complexity index is 558. The van der Waals surface area contributed by atoms with Crippen LogP contribution in [0.4, 0.5) is 0 Å². The molecule has 1 heterocycles. The van der Waals surface area contributed by atoms with Gasteiger partial charge in [0, 0.05) is 17.3 Å². The molecule has 0 aromatic heterocycles. The highest BCUT2D eigenvalue weighted by Gasteiger charge is 2.76. The van der Waals surface area contributed by atoms with E-state index in [0.29, 0.717) is 11.4 Å². The van der Waals surface area contributed by atoms with Crippen LogP contribution in [0, 0.1) is 22.7 Å². The van der Waals surface area contributed by atoms with E-state index in [9.17, 15) is 9.59 Å². The van der Waals surface area contributed by atoms with Crippen molar-refractivity contribution in [2.45, 2.75) is 13.8 Å². The molecular formula is C14H16N2O4. The lowest BCUT2D eigenvalue weighted by molar-refractivity contribution is -0.134. The van der Waals surface area contributed by atoms with Gasteiger partial charge in [-0.25, -0.2) is 9.59 Å². The molecule has 20 heavy (non-hydrogen) atoms. The predicted molar refractivity (Wildman–Crippen MR) is 71.2 cm³/mol. The lowest BCUT2D eigenvalue weighted by Crippen LogP contribution is -2.27. The second-order valence-corrected chi connectivity index (χ2v) is 5.81. The van der Waals surface area contributed by atoms with E-state index in [1.54, 1.807) is 0 Å². The van der Waals surface area contributed by atoms with Gasteiger partial charge in [-0.05, 0) is 5.41 Å². The van der Waals surface area contributed by atoms with Gasteiger partial charge in [0.1, 0.15) is 0 Å². The van der Waals surface area contributed by atoms with Crippen molar-refractivity contribution in [3.8, 4) is 0 Å². The molecule has 1 saturated carbocycles. The van der Waals surface area contributed by atoms with E-state index in [4.69, 9.17) is 9.47 Å². The van der Waals surface area contributed by atoms with Crippen molar-refractivity contribution in [1.29, 1.82) is 0 Å². The summed E-state index contributed by atoms with van der Waals surface area (Å²) >= 11 is 0. The van der Waals surface area contributed by atoms with Crippen LogP contribution in [-0.4, -0.2) is 37.6 Å². The third-order valence-electron chi connectivity index (χ3n) is 4.99. The van der Waals surface area contributed by atoms with E-state index >= 15 is 0 Å². The van der Waals surface area contributed by atoms with Crippen molar-refractivity contribution in [3.63, 3.8) is 0 Å². The number of nitrogens with zero attached hydrogens (tertiary/aromatic N) is 2. The first kappa shape index (κ1) is 13.0. The van der Waals surface area contributed by atoms with E-state index < -0.39 is 11.9 Å². The molecule has 2 aliphatic carbocycles. The highest BCUT2D eigenvalue weighted by Crippen LogP contribution is 2.74. The summed E-state index contributed by atoms with van der Waals surface area (Å²) in [5.74, 6) is -1.27. The molecule has 3 atom stereocenters. The van der Waals surface area contributed by atoms with Gasteiger partial charge < -0.3 is 9.47 Å². The van der Waals surface area contributed by atoms with Gasteiger partial charge in [-0.3, -0.25) is 0 Å². The molecule has 6 heteroatoms. The Balaban J connectivity index is 2.02. The Morgan fingerprint density at radius 2 is 1.40 bits per heavy atom. The number of allylic oxidation sites excluding steroid dienone is 2. The molecule has 6 nitrogen and oxygen atoms in total. The topological polar surface area (TPSA) is 77.3 Å². The van der Waals surface area contributed by atoms with Crippen LogP contribution in [-0.2, 0) is 19.1 Å². The van der Waals surface area contributed by atoms with E-state index in [2.05, 4.69) is 29.3 Å². The first-order valence-corrected chi connectivity index (χ1v) is 6.43. The number of esters is 2. The van der Waals surface area contributed by atoms with Crippen LogP contribution >= 0.6 is 0 Å². The quantitative estimate of drug-likeness (QED) is 0.568. The minimum absolute atomic E-state index is 0.115. The Kier molecular flexibility index (Phi) is 2.46. The molecule has 0 saturated heterocycles. The van der Waals surface area contributed by atoms with Gasteiger partial charge in [-0.15, -0.1) is 10.2 Å². The molecule has 3 rings (SSSR count). The Morgan fingerprint density at radius 1 is 1.00 bits per heavy atom. The van der Waals surface area contributed by atoms with Gasteiger partial charge in [0.2, 0.25) is 0 Å². The molecule has 1 aliphatic heterocycles. The zero-order valence-corrected chi connectivity index (χ0v) is 11.8. The summed E-state index contributed by atoms with van der Waals surface area (Å²) < 4.78 is 9.52. The summed E-state index contributed by atoms with van der Waals surface area (Å²) in [6, 6.07) is 0. The SMILES string of the molecule is COC(=O)C1=NN=C(C(=O)OC)[C@H]2[C@@H]1C2(C)C1(C)C=C1. The van der Waals surface area contributed by atoms with Crippen molar-refractivity contribution < 1.29 is 19.1 Å². The molecule has 0 amide bonds. The maximum absolute atomic E-state index is 11.8. The molecule has 3 aliphatic rings. The van der Waals surface area contributed by atoms with Gasteiger partial charge >= 0.3 is 11.9 Å². The number of hydrogen-bond acceptors (Lipinski definition) is 6. The number of carbonyl (C=O) groups excluding carboxylic acids is 2. The molecule has 0 aromatic rings. The number of fused-ring (bicyclic) bond motifs is 1. The zero-order chi connectivity index (χ0) is 14.7. The van der Waals surface area contributed by atoms with Crippen LogP contribution < -0.4 is 0 Å². The number of carbonyl (C=O) groups is 2. The normalized spacial score (nSPS) is 35.4. The zero-order valence-electron chi connectivity index (χ0n) is 11.8. The van der Waals surface area contributed by atoms with Crippen molar-refractivity contribution in [1.82, 2.24) is 0 Å². The molecule has 1 fully saturated rings. The Labute approximate surface area is 116 Å². The maximum atomic E-state index is 11.8. The highest BCUT2D eigenvalue weighted by molar-refractivity contribution is 6.45. The van der Waals surface area contributed by atoms with Crippen LogP contribution in [0.2, 0.25) is 0 Å². The first-order valence-electron chi connectivity index (χ1n) is 6.43. The number of hydrogen-bond donors (Lipinski definition) is 0. The molecule has 106 valence electrons. The van der Waals surface area contributed by atoms with Crippen molar-refractivity contribution >= 4 is 23.4 Å². The summed E-state index contributed by atoms with van der Waals surface area (Å²) in [6.07, 6.45) is 4.16. The molecule has 1 unspecified atom stereocenters. The molecule has 0 radical (unpaired) electrons. The van der Waals surface area contributed by atoms with Gasteiger partial charge in [-0.2, -0.15) is 0 Å². The average molecular weight is 276 g/mol. The molecular weight excluding hydrogens is 260 g/mol. The van der Waals surface area contributed by atoms with Gasteiger partial charge in [0.15, 0.2) is 11.4 Å². The summed E-state index contributed by atoms with van der Waals surface area (Å²) in [4.78, 5) is 23.7. The highest BCUT2D eigenvalue weighted by atomic mass is 16.5. The van der Waals surface area contributed by atoms with E-state index in [-0.39, 0.29) is 22.7 Å². The summed E-state index contributed by atoms with van der Waals surface area (Å²) in [5, 5.41) is 7.82. The smallest absolute Gasteiger partial charge is 0.354 e. The summed E-state index contributed by atoms with van der Waals surface area (Å²) in [6.45, 7) is 4.12. The minimum atomic E-state index is -0.486. The van der Waals surface area contributed by atoms with Crippen LogP contribution in [0.1, 0.15) is 13.8 Å². The van der Waals surface area contributed by atoms with Crippen molar-refractivity contribution in [3.05, 3.63) is 12.2 Å².